The summed E-state index contributed by atoms with van der Waals surface area (Å²) in [6.45, 7) is 3.65. The molecule has 28 heavy (non-hydrogen) atoms. The summed E-state index contributed by atoms with van der Waals surface area (Å²) in [5.41, 5.74) is 4.29. The van der Waals surface area contributed by atoms with Crippen LogP contribution in [0.15, 0.2) is 55.1 Å². The lowest BCUT2D eigenvalue weighted by atomic mass is 10.1. The molecule has 7 heteroatoms. The molecule has 0 bridgehead atoms. The molecule has 0 aliphatic heterocycles. The zero-order chi connectivity index (χ0) is 19.9. The lowest BCUT2D eigenvalue weighted by Gasteiger charge is -2.20. The molecule has 3 aromatic rings. The predicted octanol–water partition coefficient (Wildman–Crippen LogP) is 2.99. The van der Waals surface area contributed by atoms with E-state index in [1.807, 2.05) is 49.4 Å². The summed E-state index contributed by atoms with van der Waals surface area (Å²) in [4.78, 5) is 18.0. The summed E-state index contributed by atoms with van der Waals surface area (Å²) in [5, 5.41) is 7.05. The van der Waals surface area contributed by atoms with Crippen LogP contribution >= 0.6 is 0 Å². The largest absolute Gasteiger partial charge is 0.496 e. The van der Waals surface area contributed by atoms with E-state index in [0.717, 1.165) is 28.0 Å². The van der Waals surface area contributed by atoms with Crippen molar-refractivity contribution in [1.82, 2.24) is 25.0 Å². The standard InChI is InChI=1S/C21H25N5O2/c1-16-4-9-20(28-3)19(10-16)13-25(2)21(27)23-11-17-5-7-18(8-6-17)12-26-15-22-14-24-26/h4-10,14-15H,11-13H2,1-3H3,(H,23,27). The van der Waals surface area contributed by atoms with Gasteiger partial charge >= 0.3 is 6.03 Å². The number of ether oxygens (including phenoxy) is 1. The molecular weight excluding hydrogens is 354 g/mol. The summed E-state index contributed by atoms with van der Waals surface area (Å²) >= 11 is 0. The van der Waals surface area contributed by atoms with Crippen LogP contribution in [0.2, 0.25) is 0 Å². The molecule has 1 aromatic heterocycles. The van der Waals surface area contributed by atoms with Crippen molar-refractivity contribution in [3.63, 3.8) is 0 Å². The summed E-state index contributed by atoms with van der Waals surface area (Å²) in [5.74, 6) is 0.785. The van der Waals surface area contributed by atoms with Crippen molar-refractivity contribution in [2.24, 2.45) is 0 Å². The molecule has 1 N–H and O–H groups in total. The van der Waals surface area contributed by atoms with Crippen molar-refractivity contribution in [3.05, 3.63) is 77.4 Å². The van der Waals surface area contributed by atoms with Crippen molar-refractivity contribution in [2.75, 3.05) is 14.2 Å². The van der Waals surface area contributed by atoms with E-state index in [9.17, 15) is 4.79 Å². The highest BCUT2D eigenvalue weighted by molar-refractivity contribution is 5.74. The van der Waals surface area contributed by atoms with Crippen LogP contribution < -0.4 is 10.1 Å². The Balaban J connectivity index is 1.52. The molecular formula is C21H25N5O2. The van der Waals surface area contributed by atoms with Crippen LogP contribution in [0, 0.1) is 6.92 Å². The lowest BCUT2D eigenvalue weighted by Crippen LogP contribution is -2.36. The number of nitrogens with zero attached hydrogens (tertiary/aromatic N) is 4. The van der Waals surface area contributed by atoms with Crippen LogP contribution in [0.5, 0.6) is 5.75 Å². The number of aryl methyl sites for hydroxylation is 1. The minimum absolute atomic E-state index is 0.129. The molecule has 0 saturated heterocycles. The number of carbonyl (C=O) groups is 1. The maximum atomic E-state index is 12.4. The van der Waals surface area contributed by atoms with Crippen LogP contribution in [0.3, 0.4) is 0 Å². The minimum atomic E-state index is -0.129. The van der Waals surface area contributed by atoms with E-state index in [0.29, 0.717) is 19.6 Å². The molecule has 7 nitrogen and oxygen atoms in total. The number of hydrogen-bond acceptors (Lipinski definition) is 4. The van der Waals surface area contributed by atoms with Gasteiger partial charge in [0.15, 0.2) is 0 Å². The monoisotopic (exact) mass is 379 g/mol. The molecule has 0 aliphatic rings. The van der Waals surface area contributed by atoms with E-state index in [1.54, 1.807) is 30.1 Å². The molecule has 0 spiro atoms. The highest BCUT2D eigenvalue weighted by Gasteiger charge is 2.12. The highest BCUT2D eigenvalue weighted by Crippen LogP contribution is 2.21. The number of hydrogen-bond donors (Lipinski definition) is 1. The Morgan fingerprint density at radius 3 is 2.61 bits per heavy atom. The molecule has 2 aromatic carbocycles. The number of urea groups is 1. The normalized spacial score (nSPS) is 10.5. The number of amides is 2. The first-order chi connectivity index (χ1) is 13.5. The van der Waals surface area contributed by atoms with Crippen molar-refractivity contribution in [3.8, 4) is 5.75 Å². The van der Waals surface area contributed by atoms with Crippen molar-refractivity contribution in [1.29, 1.82) is 0 Å². The van der Waals surface area contributed by atoms with Crippen molar-refractivity contribution < 1.29 is 9.53 Å². The fraction of sp³-hybridized carbons (Fsp3) is 0.286. The fourth-order valence-corrected chi connectivity index (χ4v) is 2.93. The smallest absolute Gasteiger partial charge is 0.317 e. The third kappa shape index (κ3) is 5.09. The predicted molar refractivity (Wildman–Crippen MR) is 107 cm³/mol. The van der Waals surface area contributed by atoms with Crippen LogP contribution in [0.4, 0.5) is 4.79 Å². The van der Waals surface area contributed by atoms with Gasteiger partial charge in [-0.25, -0.2) is 14.5 Å². The lowest BCUT2D eigenvalue weighted by molar-refractivity contribution is 0.206. The third-order valence-electron chi connectivity index (χ3n) is 4.47. The van der Waals surface area contributed by atoms with Crippen LogP contribution in [0.25, 0.3) is 0 Å². The molecule has 146 valence electrons. The van der Waals surface area contributed by atoms with Gasteiger partial charge in [-0.3, -0.25) is 0 Å². The Morgan fingerprint density at radius 2 is 1.93 bits per heavy atom. The van der Waals surface area contributed by atoms with E-state index in [1.165, 1.54) is 6.33 Å². The maximum Gasteiger partial charge on any atom is 0.317 e. The number of carbonyl (C=O) groups excluding carboxylic acids is 1. The average Bonchev–Trinajstić information content (AvgIpc) is 3.20. The Morgan fingerprint density at radius 1 is 1.18 bits per heavy atom. The molecule has 0 atom stereocenters. The second kappa shape index (κ2) is 9.03. The van der Waals surface area contributed by atoms with Gasteiger partial charge in [-0.15, -0.1) is 0 Å². The van der Waals surface area contributed by atoms with Gasteiger partial charge in [0.2, 0.25) is 0 Å². The second-order valence-electron chi connectivity index (χ2n) is 6.74. The molecule has 0 radical (unpaired) electrons. The highest BCUT2D eigenvalue weighted by atomic mass is 16.5. The van der Waals surface area contributed by atoms with Crippen molar-refractivity contribution >= 4 is 6.03 Å². The van der Waals surface area contributed by atoms with Gasteiger partial charge in [0, 0.05) is 19.2 Å². The van der Waals surface area contributed by atoms with Gasteiger partial charge in [0.25, 0.3) is 0 Å². The Bertz CT molecular complexity index is 907. The average molecular weight is 379 g/mol. The van der Waals surface area contributed by atoms with Gasteiger partial charge in [-0.05, 0) is 24.1 Å². The molecule has 0 fully saturated rings. The second-order valence-corrected chi connectivity index (χ2v) is 6.74. The van der Waals surface area contributed by atoms with Crippen LogP contribution in [-0.4, -0.2) is 39.9 Å². The molecule has 3 rings (SSSR count). The zero-order valence-electron chi connectivity index (χ0n) is 16.4. The van der Waals surface area contributed by atoms with Gasteiger partial charge in [0.1, 0.15) is 18.4 Å². The van der Waals surface area contributed by atoms with E-state index >= 15 is 0 Å². The first kappa shape index (κ1) is 19.4. The van der Waals surface area contributed by atoms with Gasteiger partial charge in [-0.1, -0.05) is 42.0 Å². The quantitative estimate of drug-likeness (QED) is 0.685. The molecule has 2 amide bonds. The summed E-state index contributed by atoms with van der Waals surface area (Å²) < 4.78 is 7.16. The Kier molecular flexibility index (Phi) is 6.26. The third-order valence-corrected chi connectivity index (χ3v) is 4.47. The van der Waals surface area contributed by atoms with Crippen molar-refractivity contribution in [2.45, 2.75) is 26.6 Å². The summed E-state index contributed by atoms with van der Waals surface area (Å²) in [6.07, 6.45) is 3.21. The topological polar surface area (TPSA) is 72.3 Å². The Labute approximate surface area is 165 Å². The van der Waals surface area contributed by atoms with Gasteiger partial charge < -0.3 is 15.0 Å². The summed E-state index contributed by atoms with van der Waals surface area (Å²) in [7, 11) is 3.42. The molecule has 0 unspecified atom stereocenters. The fourth-order valence-electron chi connectivity index (χ4n) is 2.93. The number of methoxy groups -OCH3 is 1. The maximum absolute atomic E-state index is 12.4. The number of aromatic nitrogens is 3. The zero-order valence-corrected chi connectivity index (χ0v) is 16.4. The van der Waals surface area contributed by atoms with Crippen LogP contribution in [-0.2, 0) is 19.6 Å². The number of rotatable bonds is 7. The van der Waals surface area contributed by atoms with E-state index in [2.05, 4.69) is 15.4 Å². The SMILES string of the molecule is COc1ccc(C)cc1CN(C)C(=O)NCc1ccc(Cn2cncn2)cc1. The minimum Gasteiger partial charge on any atom is -0.496 e. The first-order valence-electron chi connectivity index (χ1n) is 9.08. The molecule has 0 aliphatic carbocycles. The molecule has 0 saturated carbocycles. The molecule has 1 heterocycles. The Hall–Kier alpha value is -3.35. The van der Waals surface area contributed by atoms with E-state index in [4.69, 9.17) is 4.74 Å². The van der Waals surface area contributed by atoms with E-state index < -0.39 is 0 Å². The van der Waals surface area contributed by atoms with Crippen LogP contribution in [0.1, 0.15) is 22.3 Å². The number of benzene rings is 2. The summed E-state index contributed by atoms with van der Waals surface area (Å²) in [6, 6.07) is 13.9. The van der Waals surface area contributed by atoms with E-state index in [-0.39, 0.29) is 6.03 Å². The van der Waals surface area contributed by atoms with Gasteiger partial charge in [-0.2, -0.15) is 5.10 Å². The number of nitrogens with one attached hydrogen (secondary N) is 1. The van der Waals surface area contributed by atoms with Gasteiger partial charge in [0.05, 0.1) is 20.2 Å². The first-order valence-corrected chi connectivity index (χ1v) is 9.08.